The average molecular weight is 230 g/mol. The van der Waals surface area contributed by atoms with Gasteiger partial charge in [-0.15, -0.1) is 0 Å². The van der Waals surface area contributed by atoms with E-state index >= 15 is 0 Å². The third-order valence-electron chi connectivity index (χ3n) is 3.41. The Hall–Kier alpha value is -1.10. The Labute approximate surface area is 91.7 Å². The molecule has 1 saturated carbocycles. The summed E-state index contributed by atoms with van der Waals surface area (Å²) in [7, 11) is 0. The highest BCUT2D eigenvalue weighted by Gasteiger charge is 2.58. The lowest BCUT2D eigenvalue weighted by atomic mass is 9.99. The molecule has 1 heterocycles. The summed E-state index contributed by atoms with van der Waals surface area (Å²) in [6.07, 6.45) is -2.11. The van der Waals surface area contributed by atoms with E-state index < -0.39 is 11.7 Å². The van der Waals surface area contributed by atoms with Crippen molar-refractivity contribution in [2.24, 2.45) is 11.1 Å². The molecule has 0 radical (unpaired) electrons. The van der Waals surface area contributed by atoms with Crippen LogP contribution in [0.5, 0.6) is 0 Å². The maximum atomic E-state index is 12.7. The highest BCUT2D eigenvalue weighted by atomic mass is 19.4. The Kier molecular flexibility index (Phi) is 2.28. The number of aromatic nitrogens is 1. The molecule has 0 spiro atoms. The lowest BCUT2D eigenvalue weighted by Gasteiger charge is -2.12. The summed E-state index contributed by atoms with van der Waals surface area (Å²) in [5.74, 6) is -0.230. The monoisotopic (exact) mass is 230 g/mol. The number of hydrogen-bond donors (Lipinski definition) is 1. The summed E-state index contributed by atoms with van der Waals surface area (Å²) in [6, 6.07) is 1.21. The highest BCUT2D eigenvalue weighted by molar-refractivity contribution is 5.39. The molecule has 2 N–H and O–H groups in total. The van der Waals surface area contributed by atoms with Crippen LogP contribution in [0.15, 0.2) is 18.5 Å². The normalized spacial score (nSPS) is 27.9. The second-order valence-electron chi connectivity index (χ2n) is 4.79. The molecule has 5 heteroatoms. The molecule has 0 aliphatic heterocycles. The van der Waals surface area contributed by atoms with E-state index in [1.807, 2.05) is 13.8 Å². The van der Waals surface area contributed by atoms with Crippen LogP contribution in [0.3, 0.4) is 0 Å². The van der Waals surface area contributed by atoms with Crippen LogP contribution in [-0.4, -0.2) is 11.0 Å². The topological polar surface area (TPSA) is 38.9 Å². The molecule has 0 amide bonds. The molecule has 1 aliphatic carbocycles. The van der Waals surface area contributed by atoms with Crippen LogP contribution < -0.4 is 5.73 Å². The number of alkyl halides is 3. The first-order chi connectivity index (χ1) is 7.26. The van der Waals surface area contributed by atoms with Crippen LogP contribution in [0.25, 0.3) is 0 Å². The third-order valence-corrected chi connectivity index (χ3v) is 3.41. The summed E-state index contributed by atoms with van der Waals surface area (Å²) in [5.41, 5.74) is 5.14. The molecule has 2 unspecified atom stereocenters. The van der Waals surface area contributed by atoms with Gasteiger partial charge in [-0.25, -0.2) is 0 Å². The minimum absolute atomic E-state index is 0.212. The van der Waals surface area contributed by atoms with Gasteiger partial charge in [0.05, 0.1) is 5.56 Å². The summed E-state index contributed by atoms with van der Waals surface area (Å²) < 4.78 is 38.2. The quantitative estimate of drug-likeness (QED) is 0.805. The Bertz CT molecular complexity index is 412. The predicted octanol–water partition coefficient (Wildman–Crippen LogP) is 2.55. The molecule has 1 aromatic rings. The second-order valence-corrected chi connectivity index (χ2v) is 4.79. The van der Waals surface area contributed by atoms with Crippen LogP contribution in [0.1, 0.15) is 30.9 Å². The van der Waals surface area contributed by atoms with E-state index in [-0.39, 0.29) is 22.9 Å². The fourth-order valence-electron chi connectivity index (χ4n) is 2.19. The molecular weight excluding hydrogens is 217 g/mol. The van der Waals surface area contributed by atoms with Crippen molar-refractivity contribution >= 4 is 0 Å². The van der Waals surface area contributed by atoms with Crippen LogP contribution >= 0.6 is 0 Å². The zero-order chi connectivity index (χ0) is 12.1. The van der Waals surface area contributed by atoms with Crippen molar-refractivity contribution in [3.63, 3.8) is 0 Å². The largest absolute Gasteiger partial charge is 0.418 e. The van der Waals surface area contributed by atoms with Gasteiger partial charge >= 0.3 is 6.18 Å². The fraction of sp³-hybridized carbons (Fsp3) is 0.545. The highest BCUT2D eigenvalue weighted by Crippen LogP contribution is 2.58. The molecule has 0 aromatic carbocycles. The molecule has 1 fully saturated rings. The number of pyridine rings is 1. The predicted molar refractivity (Wildman–Crippen MR) is 53.7 cm³/mol. The summed E-state index contributed by atoms with van der Waals surface area (Å²) in [4.78, 5) is 3.53. The van der Waals surface area contributed by atoms with E-state index in [4.69, 9.17) is 5.73 Å². The van der Waals surface area contributed by atoms with Gasteiger partial charge in [-0.1, -0.05) is 13.8 Å². The molecular formula is C11H13F3N2. The van der Waals surface area contributed by atoms with E-state index in [2.05, 4.69) is 4.98 Å². The molecule has 88 valence electrons. The van der Waals surface area contributed by atoms with Gasteiger partial charge in [0.2, 0.25) is 0 Å². The van der Waals surface area contributed by atoms with Crippen molar-refractivity contribution in [1.82, 2.24) is 4.98 Å². The van der Waals surface area contributed by atoms with Gasteiger partial charge in [0, 0.05) is 24.4 Å². The average Bonchev–Trinajstić information content (AvgIpc) is 2.65. The lowest BCUT2D eigenvalue weighted by Crippen LogP contribution is -2.11. The van der Waals surface area contributed by atoms with Crippen molar-refractivity contribution in [3.05, 3.63) is 29.6 Å². The van der Waals surface area contributed by atoms with E-state index in [1.165, 1.54) is 12.3 Å². The van der Waals surface area contributed by atoms with Crippen LogP contribution in [0.2, 0.25) is 0 Å². The zero-order valence-electron chi connectivity index (χ0n) is 9.05. The SMILES string of the molecule is CC1(C)C(N)C1c1ccncc1C(F)(F)F. The van der Waals surface area contributed by atoms with Crippen molar-refractivity contribution < 1.29 is 13.2 Å². The first kappa shape index (κ1) is 11.4. The standard InChI is InChI=1S/C11H13F3N2/c1-10(2)8(9(10)15)6-3-4-16-5-7(6)11(12,13)14/h3-5,8-9H,15H2,1-2H3. The van der Waals surface area contributed by atoms with E-state index in [0.29, 0.717) is 0 Å². The van der Waals surface area contributed by atoms with Gasteiger partial charge in [0.1, 0.15) is 0 Å². The first-order valence-electron chi connectivity index (χ1n) is 5.03. The van der Waals surface area contributed by atoms with Gasteiger partial charge in [-0.2, -0.15) is 13.2 Å². The van der Waals surface area contributed by atoms with Gasteiger partial charge in [-0.3, -0.25) is 4.98 Å². The number of halogens is 3. The maximum Gasteiger partial charge on any atom is 0.418 e. The fourth-order valence-corrected chi connectivity index (χ4v) is 2.19. The van der Waals surface area contributed by atoms with E-state index in [9.17, 15) is 13.2 Å². The molecule has 16 heavy (non-hydrogen) atoms. The Morgan fingerprint density at radius 1 is 1.38 bits per heavy atom. The van der Waals surface area contributed by atoms with Gasteiger partial charge < -0.3 is 5.73 Å². The Morgan fingerprint density at radius 2 is 1.94 bits per heavy atom. The Balaban J connectivity index is 2.44. The summed E-state index contributed by atoms with van der Waals surface area (Å²) in [6.45, 7) is 3.76. The molecule has 2 rings (SSSR count). The zero-order valence-corrected chi connectivity index (χ0v) is 9.05. The third kappa shape index (κ3) is 1.59. The maximum absolute atomic E-state index is 12.7. The van der Waals surface area contributed by atoms with Crippen molar-refractivity contribution in [1.29, 1.82) is 0 Å². The minimum Gasteiger partial charge on any atom is -0.327 e. The summed E-state index contributed by atoms with van der Waals surface area (Å²) >= 11 is 0. The summed E-state index contributed by atoms with van der Waals surface area (Å²) in [5, 5.41) is 0. The van der Waals surface area contributed by atoms with Crippen LogP contribution in [0, 0.1) is 5.41 Å². The van der Waals surface area contributed by atoms with Crippen molar-refractivity contribution in [2.75, 3.05) is 0 Å². The number of nitrogens with two attached hydrogens (primary N) is 1. The minimum atomic E-state index is -4.36. The van der Waals surface area contributed by atoms with Crippen LogP contribution in [0.4, 0.5) is 13.2 Å². The molecule has 0 bridgehead atoms. The smallest absolute Gasteiger partial charge is 0.327 e. The van der Waals surface area contributed by atoms with Crippen molar-refractivity contribution in [2.45, 2.75) is 32.0 Å². The van der Waals surface area contributed by atoms with E-state index in [0.717, 1.165) is 6.20 Å². The second kappa shape index (κ2) is 3.20. The van der Waals surface area contributed by atoms with Gasteiger partial charge in [0.25, 0.3) is 0 Å². The van der Waals surface area contributed by atoms with Crippen molar-refractivity contribution in [3.8, 4) is 0 Å². The number of hydrogen-bond acceptors (Lipinski definition) is 2. The molecule has 2 nitrogen and oxygen atoms in total. The number of rotatable bonds is 1. The first-order valence-corrected chi connectivity index (χ1v) is 5.03. The molecule has 1 aromatic heterocycles. The molecule has 2 atom stereocenters. The Morgan fingerprint density at radius 3 is 2.38 bits per heavy atom. The van der Waals surface area contributed by atoms with E-state index in [1.54, 1.807) is 0 Å². The lowest BCUT2D eigenvalue weighted by molar-refractivity contribution is -0.138. The van der Waals surface area contributed by atoms with Crippen LogP contribution in [-0.2, 0) is 6.18 Å². The van der Waals surface area contributed by atoms with Gasteiger partial charge in [-0.05, 0) is 17.0 Å². The number of nitrogens with zero attached hydrogens (tertiary/aromatic N) is 1. The molecule has 0 saturated heterocycles. The van der Waals surface area contributed by atoms with Gasteiger partial charge in [0.15, 0.2) is 0 Å². The molecule has 1 aliphatic rings.